The Balaban J connectivity index is 1.96. The highest BCUT2D eigenvalue weighted by Crippen LogP contribution is 2.31. The zero-order chi connectivity index (χ0) is 16.4. The van der Waals surface area contributed by atoms with E-state index >= 15 is 0 Å². The fourth-order valence-corrected chi connectivity index (χ4v) is 3.07. The predicted molar refractivity (Wildman–Crippen MR) is 87.9 cm³/mol. The number of nitrogens with one attached hydrogen (secondary N) is 1. The van der Waals surface area contributed by atoms with Gasteiger partial charge in [0.05, 0.1) is 13.2 Å². The monoisotopic (exact) mass is 327 g/mol. The first kappa shape index (κ1) is 17.3. The summed E-state index contributed by atoms with van der Waals surface area (Å²) >= 11 is 1.55. The third-order valence-corrected chi connectivity index (χ3v) is 4.63. The molecule has 1 aromatic rings. The lowest BCUT2D eigenvalue weighted by Crippen LogP contribution is -2.41. The Labute approximate surface area is 136 Å². The average Bonchev–Trinajstić information content (AvgIpc) is 2.88. The van der Waals surface area contributed by atoms with Crippen LogP contribution >= 0.6 is 11.9 Å². The molecule has 0 saturated carbocycles. The molecule has 2 rings (SSSR count). The van der Waals surface area contributed by atoms with E-state index in [0.717, 1.165) is 18.8 Å². The Hall–Kier alpha value is -1.05. The summed E-state index contributed by atoms with van der Waals surface area (Å²) in [6, 6.07) is 1.79. The SMILES string of the molecule is CC(C)(SN1CCOCC1)C(=O)Nc1cc(C(C)(C)C)on1. The number of nitrogens with zero attached hydrogens (tertiary/aromatic N) is 2. The lowest BCUT2D eigenvalue weighted by atomic mass is 9.93. The first-order valence-electron chi connectivity index (χ1n) is 7.49. The first-order chi connectivity index (χ1) is 10.2. The van der Waals surface area contributed by atoms with Gasteiger partial charge in [-0.15, -0.1) is 0 Å². The van der Waals surface area contributed by atoms with Gasteiger partial charge in [0, 0.05) is 24.6 Å². The third kappa shape index (κ3) is 4.47. The molecule has 0 aliphatic carbocycles. The van der Waals surface area contributed by atoms with Gasteiger partial charge in [0.1, 0.15) is 10.5 Å². The summed E-state index contributed by atoms with van der Waals surface area (Å²) in [5.41, 5.74) is -0.131. The summed E-state index contributed by atoms with van der Waals surface area (Å²) in [4.78, 5) is 12.5. The molecule has 1 fully saturated rings. The second-order valence-corrected chi connectivity index (χ2v) is 8.64. The van der Waals surface area contributed by atoms with Gasteiger partial charge in [0.25, 0.3) is 0 Å². The zero-order valence-corrected chi connectivity index (χ0v) is 14.7. The van der Waals surface area contributed by atoms with E-state index in [4.69, 9.17) is 9.26 Å². The standard InChI is InChI=1S/C15H25N3O3S/c1-14(2,3)11-10-12(17-21-11)16-13(19)15(4,5)22-18-6-8-20-9-7-18/h10H,6-9H2,1-5H3,(H,16,17,19). The van der Waals surface area contributed by atoms with Gasteiger partial charge in [0.15, 0.2) is 5.82 Å². The van der Waals surface area contributed by atoms with Crippen molar-refractivity contribution >= 4 is 23.7 Å². The number of rotatable bonds is 4. The van der Waals surface area contributed by atoms with Gasteiger partial charge in [-0.1, -0.05) is 37.9 Å². The van der Waals surface area contributed by atoms with Gasteiger partial charge in [-0.25, -0.2) is 4.31 Å². The maximum atomic E-state index is 12.5. The minimum absolute atomic E-state index is 0.0854. The molecule has 7 heteroatoms. The van der Waals surface area contributed by atoms with Crippen LogP contribution in [0.25, 0.3) is 0 Å². The molecule has 1 saturated heterocycles. The number of hydrogen-bond donors (Lipinski definition) is 1. The minimum Gasteiger partial charge on any atom is -0.379 e. The molecule has 1 aliphatic rings. The van der Waals surface area contributed by atoms with Gasteiger partial charge in [-0.05, 0) is 13.8 Å². The van der Waals surface area contributed by atoms with Crippen LogP contribution in [0.2, 0.25) is 0 Å². The van der Waals surface area contributed by atoms with E-state index in [2.05, 4.69) is 14.8 Å². The fourth-order valence-electron chi connectivity index (χ4n) is 1.96. The van der Waals surface area contributed by atoms with Gasteiger partial charge < -0.3 is 14.6 Å². The summed E-state index contributed by atoms with van der Waals surface area (Å²) in [5, 5.41) is 6.77. The Kier molecular flexibility index (Phi) is 5.19. The van der Waals surface area contributed by atoms with Crippen molar-refractivity contribution in [3.8, 4) is 0 Å². The largest absolute Gasteiger partial charge is 0.379 e. The lowest BCUT2D eigenvalue weighted by molar-refractivity contribution is -0.117. The number of morpholine rings is 1. The smallest absolute Gasteiger partial charge is 0.242 e. The molecule has 0 unspecified atom stereocenters. The maximum absolute atomic E-state index is 12.5. The van der Waals surface area contributed by atoms with E-state index in [9.17, 15) is 4.79 Å². The van der Waals surface area contributed by atoms with Crippen molar-refractivity contribution in [1.82, 2.24) is 9.46 Å². The number of hydrogen-bond acceptors (Lipinski definition) is 6. The van der Waals surface area contributed by atoms with Crippen LogP contribution in [-0.4, -0.2) is 46.4 Å². The van der Waals surface area contributed by atoms with E-state index in [1.54, 1.807) is 18.0 Å². The number of anilines is 1. The van der Waals surface area contributed by atoms with E-state index in [1.807, 2.05) is 34.6 Å². The van der Waals surface area contributed by atoms with Crippen LogP contribution in [-0.2, 0) is 14.9 Å². The second-order valence-electron chi connectivity index (χ2n) is 6.92. The number of ether oxygens (including phenoxy) is 1. The van der Waals surface area contributed by atoms with Crippen molar-refractivity contribution in [1.29, 1.82) is 0 Å². The topological polar surface area (TPSA) is 67.6 Å². The Bertz CT molecular complexity index is 516. The molecule has 6 nitrogen and oxygen atoms in total. The molecule has 0 bridgehead atoms. The van der Waals surface area contributed by atoms with Crippen LogP contribution in [0, 0.1) is 0 Å². The Morgan fingerprint density at radius 2 is 1.91 bits per heavy atom. The van der Waals surface area contributed by atoms with Crippen LogP contribution < -0.4 is 5.32 Å². The number of aromatic nitrogens is 1. The number of amides is 1. The van der Waals surface area contributed by atoms with Crippen LogP contribution in [0.3, 0.4) is 0 Å². The van der Waals surface area contributed by atoms with Crippen molar-refractivity contribution in [3.05, 3.63) is 11.8 Å². The average molecular weight is 327 g/mol. The first-order valence-corrected chi connectivity index (χ1v) is 8.26. The summed E-state index contributed by atoms with van der Waals surface area (Å²) in [7, 11) is 0. The van der Waals surface area contributed by atoms with Crippen LogP contribution in [0.5, 0.6) is 0 Å². The van der Waals surface area contributed by atoms with Crippen molar-refractivity contribution in [2.45, 2.75) is 44.8 Å². The Morgan fingerprint density at radius 1 is 1.27 bits per heavy atom. The number of carbonyl (C=O) groups is 1. The quantitative estimate of drug-likeness (QED) is 0.858. The van der Waals surface area contributed by atoms with Crippen LogP contribution in [0.4, 0.5) is 5.82 Å². The highest BCUT2D eigenvalue weighted by molar-refractivity contribution is 7.99. The van der Waals surface area contributed by atoms with Crippen molar-refractivity contribution in [2.24, 2.45) is 0 Å². The van der Waals surface area contributed by atoms with E-state index in [0.29, 0.717) is 19.0 Å². The number of carbonyl (C=O) groups excluding carboxylic acids is 1. The molecule has 0 aromatic carbocycles. The molecule has 0 radical (unpaired) electrons. The highest BCUT2D eigenvalue weighted by Gasteiger charge is 2.33. The van der Waals surface area contributed by atoms with Crippen LogP contribution in [0.15, 0.2) is 10.6 Å². The van der Waals surface area contributed by atoms with E-state index in [1.165, 1.54) is 0 Å². The zero-order valence-electron chi connectivity index (χ0n) is 13.9. The van der Waals surface area contributed by atoms with E-state index < -0.39 is 4.75 Å². The summed E-state index contributed by atoms with van der Waals surface area (Å²) in [6.45, 7) is 13.0. The maximum Gasteiger partial charge on any atom is 0.242 e. The van der Waals surface area contributed by atoms with Crippen molar-refractivity contribution < 1.29 is 14.1 Å². The molecule has 1 aromatic heterocycles. The summed E-state index contributed by atoms with van der Waals surface area (Å²) in [6.07, 6.45) is 0. The van der Waals surface area contributed by atoms with Gasteiger partial charge in [0.2, 0.25) is 5.91 Å². The van der Waals surface area contributed by atoms with Gasteiger partial charge in [-0.3, -0.25) is 4.79 Å². The second kappa shape index (κ2) is 6.60. The molecule has 0 spiro atoms. The molecule has 2 heterocycles. The van der Waals surface area contributed by atoms with Gasteiger partial charge >= 0.3 is 0 Å². The molecule has 1 N–H and O–H groups in total. The van der Waals surface area contributed by atoms with Crippen molar-refractivity contribution in [3.63, 3.8) is 0 Å². The lowest BCUT2D eigenvalue weighted by Gasteiger charge is -2.32. The molecule has 22 heavy (non-hydrogen) atoms. The van der Waals surface area contributed by atoms with E-state index in [-0.39, 0.29) is 11.3 Å². The molecular weight excluding hydrogens is 302 g/mol. The Morgan fingerprint density at radius 3 is 2.45 bits per heavy atom. The summed E-state index contributed by atoms with van der Waals surface area (Å²) < 4.78 is 12.2. The molecular formula is C15H25N3O3S. The highest BCUT2D eigenvalue weighted by atomic mass is 32.2. The molecule has 124 valence electrons. The van der Waals surface area contributed by atoms with Crippen LogP contribution in [0.1, 0.15) is 40.4 Å². The molecule has 1 amide bonds. The molecule has 1 aliphatic heterocycles. The summed E-state index contributed by atoms with van der Waals surface area (Å²) in [5.74, 6) is 1.13. The minimum atomic E-state index is -0.585. The third-order valence-electron chi connectivity index (χ3n) is 3.37. The molecule has 0 atom stereocenters. The normalized spacial score (nSPS) is 17.5. The fraction of sp³-hybridized carbons (Fsp3) is 0.733. The predicted octanol–water partition coefficient (Wildman–Crippen LogP) is 2.67. The van der Waals surface area contributed by atoms with Crippen molar-refractivity contribution in [2.75, 3.05) is 31.6 Å². The van der Waals surface area contributed by atoms with Gasteiger partial charge in [-0.2, -0.15) is 0 Å².